The Kier molecular flexibility index (Phi) is 3.47. The Labute approximate surface area is 120 Å². The molecule has 1 aliphatic heterocycles. The smallest absolute Gasteiger partial charge is 0.123 e. The number of hydrogen-bond acceptors (Lipinski definition) is 1. The highest BCUT2D eigenvalue weighted by molar-refractivity contribution is 5.60. The third-order valence-electron chi connectivity index (χ3n) is 4.22. The maximum Gasteiger partial charge on any atom is 0.123 e. The number of hydrogen-bond donors (Lipinski definition) is 0. The third kappa shape index (κ3) is 2.20. The summed E-state index contributed by atoms with van der Waals surface area (Å²) in [6, 6.07) is 16.3. The standard InChI is InChI=1S/C18H20FN/c1-3-17(15-8-6-9-16(19)12-15)20-13(2)11-14-7-4-5-10-18(14)20/h4-10,12-13,17H,3,11H2,1-2H3/t13-,17-/m0/s1. The fourth-order valence-electron chi connectivity index (χ4n) is 3.37. The van der Waals surface area contributed by atoms with Crippen LogP contribution >= 0.6 is 0 Å². The van der Waals surface area contributed by atoms with Crippen LogP contribution in [-0.2, 0) is 6.42 Å². The lowest BCUT2D eigenvalue weighted by molar-refractivity contribution is 0.544. The first-order chi connectivity index (χ1) is 9.70. The van der Waals surface area contributed by atoms with Crippen LogP contribution in [0.1, 0.15) is 37.4 Å². The summed E-state index contributed by atoms with van der Waals surface area (Å²) >= 11 is 0. The molecule has 20 heavy (non-hydrogen) atoms. The number of rotatable bonds is 3. The van der Waals surface area contributed by atoms with Crippen molar-refractivity contribution in [2.45, 2.75) is 38.8 Å². The summed E-state index contributed by atoms with van der Waals surface area (Å²) < 4.78 is 13.5. The van der Waals surface area contributed by atoms with Gasteiger partial charge in [0, 0.05) is 11.7 Å². The summed E-state index contributed by atoms with van der Waals surface area (Å²) in [7, 11) is 0. The predicted molar refractivity (Wildman–Crippen MR) is 81.5 cm³/mol. The van der Waals surface area contributed by atoms with Crippen LogP contribution in [0.4, 0.5) is 10.1 Å². The molecule has 0 fully saturated rings. The lowest BCUT2D eigenvalue weighted by Crippen LogP contribution is -2.33. The van der Waals surface area contributed by atoms with Gasteiger partial charge >= 0.3 is 0 Å². The average molecular weight is 269 g/mol. The van der Waals surface area contributed by atoms with Crippen molar-refractivity contribution in [3.63, 3.8) is 0 Å². The summed E-state index contributed by atoms with van der Waals surface area (Å²) in [6.07, 6.45) is 2.05. The van der Waals surface area contributed by atoms with E-state index in [0.717, 1.165) is 18.4 Å². The quantitative estimate of drug-likeness (QED) is 0.778. The molecule has 0 spiro atoms. The molecule has 2 heteroatoms. The molecule has 0 N–H and O–H groups in total. The SMILES string of the molecule is CC[C@@H](c1cccc(F)c1)N1c2ccccc2C[C@@H]1C. The molecule has 2 aromatic carbocycles. The summed E-state index contributed by atoms with van der Waals surface area (Å²) in [5.41, 5.74) is 3.77. The molecule has 0 radical (unpaired) electrons. The molecule has 0 aromatic heterocycles. The fraction of sp³-hybridized carbons (Fsp3) is 0.333. The van der Waals surface area contributed by atoms with Crippen molar-refractivity contribution >= 4 is 5.69 Å². The van der Waals surface area contributed by atoms with E-state index in [-0.39, 0.29) is 11.9 Å². The van der Waals surface area contributed by atoms with E-state index in [1.165, 1.54) is 17.3 Å². The van der Waals surface area contributed by atoms with Crippen molar-refractivity contribution in [2.24, 2.45) is 0 Å². The van der Waals surface area contributed by atoms with Gasteiger partial charge < -0.3 is 4.90 Å². The Morgan fingerprint density at radius 3 is 2.75 bits per heavy atom. The van der Waals surface area contributed by atoms with E-state index in [1.54, 1.807) is 12.1 Å². The van der Waals surface area contributed by atoms with E-state index < -0.39 is 0 Å². The molecule has 0 bridgehead atoms. The van der Waals surface area contributed by atoms with Gasteiger partial charge in [0.05, 0.1) is 6.04 Å². The molecule has 1 heterocycles. The zero-order valence-corrected chi connectivity index (χ0v) is 12.0. The maximum absolute atomic E-state index is 13.5. The maximum atomic E-state index is 13.5. The Morgan fingerprint density at radius 2 is 2.00 bits per heavy atom. The second-order valence-electron chi connectivity index (χ2n) is 5.57. The molecular formula is C18H20FN. The summed E-state index contributed by atoms with van der Waals surface area (Å²) in [5.74, 6) is -0.152. The van der Waals surface area contributed by atoms with Crippen molar-refractivity contribution in [3.05, 3.63) is 65.5 Å². The van der Waals surface area contributed by atoms with E-state index in [0.29, 0.717) is 6.04 Å². The summed E-state index contributed by atoms with van der Waals surface area (Å²) in [6.45, 7) is 4.42. The lowest BCUT2D eigenvalue weighted by Gasteiger charge is -2.34. The van der Waals surface area contributed by atoms with Crippen LogP contribution in [0.25, 0.3) is 0 Å². The number of fused-ring (bicyclic) bond motifs is 1. The Bertz CT molecular complexity index is 608. The molecule has 1 aliphatic rings. The van der Waals surface area contributed by atoms with E-state index in [4.69, 9.17) is 0 Å². The molecule has 104 valence electrons. The fourth-order valence-corrected chi connectivity index (χ4v) is 3.37. The minimum absolute atomic E-state index is 0.152. The predicted octanol–water partition coefficient (Wildman–Crippen LogP) is 4.73. The van der Waals surface area contributed by atoms with Gasteiger partial charge in [0.2, 0.25) is 0 Å². The first-order valence-corrected chi connectivity index (χ1v) is 7.32. The number of para-hydroxylation sites is 1. The van der Waals surface area contributed by atoms with Crippen LogP contribution in [0.15, 0.2) is 48.5 Å². The van der Waals surface area contributed by atoms with Gasteiger partial charge in [-0.3, -0.25) is 0 Å². The summed E-state index contributed by atoms with van der Waals surface area (Å²) in [5, 5.41) is 0. The minimum Gasteiger partial charge on any atom is -0.361 e. The second kappa shape index (κ2) is 5.28. The van der Waals surface area contributed by atoms with Crippen LogP contribution in [-0.4, -0.2) is 6.04 Å². The largest absolute Gasteiger partial charge is 0.361 e. The van der Waals surface area contributed by atoms with Gasteiger partial charge in [0.15, 0.2) is 0 Å². The Hall–Kier alpha value is -1.83. The molecule has 3 rings (SSSR count). The number of anilines is 1. The number of nitrogens with zero attached hydrogens (tertiary/aromatic N) is 1. The van der Waals surface area contributed by atoms with E-state index >= 15 is 0 Å². The van der Waals surface area contributed by atoms with E-state index in [1.807, 2.05) is 6.07 Å². The molecule has 0 amide bonds. The Morgan fingerprint density at radius 1 is 1.20 bits per heavy atom. The van der Waals surface area contributed by atoms with Gasteiger partial charge in [-0.05, 0) is 49.1 Å². The van der Waals surface area contributed by atoms with Gasteiger partial charge in [-0.25, -0.2) is 4.39 Å². The molecular weight excluding hydrogens is 249 g/mol. The molecule has 2 aromatic rings. The minimum atomic E-state index is -0.152. The molecule has 0 unspecified atom stereocenters. The molecule has 0 saturated carbocycles. The first kappa shape index (κ1) is 13.2. The van der Waals surface area contributed by atoms with E-state index in [2.05, 4.69) is 43.0 Å². The third-order valence-corrected chi connectivity index (χ3v) is 4.22. The van der Waals surface area contributed by atoms with Crippen molar-refractivity contribution in [2.75, 3.05) is 4.90 Å². The van der Waals surface area contributed by atoms with Gasteiger partial charge in [0.1, 0.15) is 5.82 Å². The number of halogens is 1. The van der Waals surface area contributed by atoms with Crippen molar-refractivity contribution < 1.29 is 4.39 Å². The second-order valence-corrected chi connectivity index (χ2v) is 5.57. The van der Waals surface area contributed by atoms with Gasteiger partial charge in [-0.15, -0.1) is 0 Å². The van der Waals surface area contributed by atoms with Crippen LogP contribution in [0.2, 0.25) is 0 Å². The lowest BCUT2D eigenvalue weighted by atomic mass is 10.0. The van der Waals surface area contributed by atoms with Crippen molar-refractivity contribution in [1.82, 2.24) is 0 Å². The topological polar surface area (TPSA) is 3.24 Å². The molecule has 1 nitrogen and oxygen atoms in total. The molecule has 0 aliphatic carbocycles. The molecule has 0 saturated heterocycles. The monoisotopic (exact) mass is 269 g/mol. The normalized spacial score (nSPS) is 18.9. The highest BCUT2D eigenvalue weighted by Crippen LogP contribution is 2.39. The van der Waals surface area contributed by atoms with Crippen LogP contribution in [0, 0.1) is 5.82 Å². The highest BCUT2D eigenvalue weighted by Gasteiger charge is 2.31. The van der Waals surface area contributed by atoms with E-state index in [9.17, 15) is 4.39 Å². The first-order valence-electron chi connectivity index (χ1n) is 7.32. The van der Waals surface area contributed by atoms with Gasteiger partial charge in [-0.2, -0.15) is 0 Å². The van der Waals surface area contributed by atoms with Crippen molar-refractivity contribution in [3.8, 4) is 0 Å². The zero-order valence-electron chi connectivity index (χ0n) is 12.0. The summed E-state index contributed by atoms with van der Waals surface area (Å²) in [4.78, 5) is 2.45. The Balaban J connectivity index is 2.02. The van der Waals surface area contributed by atoms with Crippen LogP contribution < -0.4 is 4.90 Å². The number of benzene rings is 2. The van der Waals surface area contributed by atoms with Crippen LogP contribution in [0.5, 0.6) is 0 Å². The average Bonchev–Trinajstić information content (AvgIpc) is 2.77. The van der Waals surface area contributed by atoms with Gasteiger partial charge in [-0.1, -0.05) is 37.3 Å². The van der Waals surface area contributed by atoms with Crippen molar-refractivity contribution in [1.29, 1.82) is 0 Å². The van der Waals surface area contributed by atoms with Crippen LogP contribution in [0.3, 0.4) is 0 Å². The highest BCUT2D eigenvalue weighted by atomic mass is 19.1. The van der Waals surface area contributed by atoms with Gasteiger partial charge in [0.25, 0.3) is 0 Å². The zero-order chi connectivity index (χ0) is 14.1. The molecule has 2 atom stereocenters.